The molecule has 0 atom stereocenters. The SMILES string of the molecule is CC(C)N(CCC(=O)O)C(=O)c1ccno1. The van der Waals surface area contributed by atoms with Crippen molar-refractivity contribution < 1.29 is 19.2 Å². The highest BCUT2D eigenvalue weighted by atomic mass is 16.5. The Morgan fingerprint density at radius 2 is 2.25 bits per heavy atom. The first kappa shape index (κ1) is 12.2. The van der Waals surface area contributed by atoms with Crippen molar-refractivity contribution >= 4 is 11.9 Å². The summed E-state index contributed by atoms with van der Waals surface area (Å²) in [6.45, 7) is 3.79. The Morgan fingerprint density at radius 3 is 2.69 bits per heavy atom. The highest BCUT2D eigenvalue weighted by Gasteiger charge is 2.21. The smallest absolute Gasteiger partial charge is 0.305 e. The van der Waals surface area contributed by atoms with Crippen molar-refractivity contribution in [2.75, 3.05) is 6.54 Å². The van der Waals surface area contributed by atoms with Crippen LogP contribution in [0.1, 0.15) is 30.8 Å². The molecule has 1 aromatic rings. The molecule has 0 radical (unpaired) electrons. The first-order chi connectivity index (χ1) is 7.52. The van der Waals surface area contributed by atoms with Gasteiger partial charge in [0, 0.05) is 18.7 Å². The van der Waals surface area contributed by atoms with Crippen LogP contribution in [-0.2, 0) is 4.79 Å². The number of aromatic nitrogens is 1. The second-order valence-electron chi connectivity index (χ2n) is 3.61. The van der Waals surface area contributed by atoms with Gasteiger partial charge in [-0.25, -0.2) is 0 Å². The predicted molar refractivity (Wildman–Crippen MR) is 54.9 cm³/mol. The maximum Gasteiger partial charge on any atom is 0.305 e. The second-order valence-corrected chi connectivity index (χ2v) is 3.61. The van der Waals surface area contributed by atoms with Crippen LogP contribution in [0.2, 0.25) is 0 Å². The van der Waals surface area contributed by atoms with Crippen LogP contribution < -0.4 is 0 Å². The molecule has 0 unspecified atom stereocenters. The van der Waals surface area contributed by atoms with Crippen molar-refractivity contribution in [3.05, 3.63) is 18.0 Å². The van der Waals surface area contributed by atoms with Crippen LogP contribution in [-0.4, -0.2) is 39.6 Å². The molecule has 1 amide bonds. The van der Waals surface area contributed by atoms with Gasteiger partial charge in [0.15, 0.2) is 0 Å². The lowest BCUT2D eigenvalue weighted by Crippen LogP contribution is -2.38. The van der Waals surface area contributed by atoms with Gasteiger partial charge >= 0.3 is 5.97 Å². The van der Waals surface area contributed by atoms with E-state index in [4.69, 9.17) is 9.63 Å². The second kappa shape index (κ2) is 5.29. The lowest BCUT2D eigenvalue weighted by atomic mass is 10.2. The lowest BCUT2D eigenvalue weighted by molar-refractivity contribution is -0.137. The van der Waals surface area contributed by atoms with E-state index in [2.05, 4.69) is 5.16 Å². The zero-order valence-corrected chi connectivity index (χ0v) is 9.21. The van der Waals surface area contributed by atoms with Crippen molar-refractivity contribution in [1.82, 2.24) is 10.1 Å². The maximum atomic E-state index is 11.9. The molecule has 0 aliphatic heterocycles. The minimum atomic E-state index is -0.934. The van der Waals surface area contributed by atoms with Gasteiger partial charge in [0.05, 0.1) is 12.6 Å². The topological polar surface area (TPSA) is 83.6 Å². The Bertz CT molecular complexity index is 359. The summed E-state index contributed by atoms with van der Waals surface area (Å²) < 4.78 is 4.74. The number of carbonyl (C=O) groups excluding carboxylic acids is 1. The third-order valence-electron chi connectivity index (χ3n) is 2.10. The molecule has 0 bridgehead atoms. The van der Waals surface area contributed by atoms with E-state index in [1.54, 1.807) is 0 Å². The number of hydrogen-bond acceptors (Lipinski definition) is 4. The molecule has 16 heavy (non-hydrogen) atoms. The van der Waals surface area contributed by atoms with E-state index in [0.29, 0.717) is 0 Å². The van der Waals surface area contributed by atoms with Crippen LogP contribution >= 0.6 is 0 Å². The van der Waals surface area contributed by atoms with E-state index < -0.39 is 5.97 Å². The Hall–Kier alpha value is -1.85. The Balaban J connectivity index is 2.70. The lowest BCUT2D eigenvalue weighted by Gasteiger charge is -2.24. The van der Waals surface area contributed by atoms with E-state index in [1.807, 2.05) is 13.8 Å². The first-order valence-electron chi connectivity index (χ1n) is 4.96. The Morgan fingerprint density at radius 1 is 1.56 bits per heavy atom. The quantitative estimate of drug-likeness (QED) is 0.809. The monoisotopic (exact) mass is 226 g/mol. The first-order valence-corrected chi connectivity index (χ1v) is 4.96. The molecule has 0 saturated heterocycles. The molecule has 6 heteroatoms. The molecule has 1 heterocycles. The maximum absolute atomic E-state index is 11.9. The Kier molecular flexibility index (Phi) is 4.04. The molecule has 1 N–H and O–H groups in total. The van der Waals surface area contributed by atoms with E-state index in [-0.39, 0.29) is 30.7 Å². The van der Waals surface area contributed by atoms with Gasteiger partial charge in [-0.05, 0) is 13.8 Å². The van der Waals surface area contributed by atoms with Crippen LogP contribution in [0.25, 0.3) is 0 Å². The van der Waals surface area contributed by atoms with E-state index >= 15 is 0 Å². The van der Waals surface area contributed by atoms with Gasteiger partial charge in [-0.15, -0.1) is 0 Å². The normalized spacial score (nSPS) is 10.4. The zero-order valence-electron chi connectivity index (χ0n) is 9.21. The number of aliphatic carboxylic acids is 1. The Labute approximate surface area is 92.8 Å². The minimum Gasteiger partial charge on any atom is -0.481 e. The molecule has 1 rings (SSSR count). The van der Waals surface area contributed by atoms with Crippen LogP contribution in [0.4, 0.5) is 0 Å². The summed E-state index contributed by atoms with van der Waals surface area (Å²) in [5.74, 6) is -1.15. The van der Waals surface area contributed by atoms with Gasteiger partial charge in [0.25, 0.3) is 5.91 Å². The van der Waals surface area contributed by atoms with E-state index in [0.717, 1.165) is 0 Å². The molecule has 0 saturated carbocycles. The summed E-state index contributed by atoms with van der Waals surface area (Å²) in [5, 5.41) is 12.0. The van der Waals surface area contributed by atoms with Crippen molar-refractivity contribution in [1.29, 1.82) is 0 Å². The standard InChI is InChI=1S/C10H14N2O4/c1-7(2)12(6-4-9(13)14)10(15)8-3-5-11-16-8/h3,5,7H,4,6H2,1-2H3,(H,13,14). The molecule has 88 valence electrons. The van der Waals surface area contributed by atoms with Crippen molar-refractivity contribution in [3.63, 3.8) is 0 Å². The molecule has 0 aliphatic rings. The van der Waals surface area contributed by atoms with Crippen LogP contribution in [0.15, 0.2) is 16.8 Å². The number of carboxylic acids is 1. The van der Waals surface area contributed by atoms with Gasteiger partial charge in [0.2, 0.25) is 5.76 Å². The van der Waals surface area contributed by atoms with Gasteiger partial charge in [0.1, 0.15) is 0 Å². The average molecular weight is 226 g/mol. The molecule has 0 spiro atoms. The number of hydrogen-bond donors (Lipinski definition) is 1. The highest BCUT2D eigenvalue weighted by Crippen LogP contribution is 2.08. The average Bonchev–Trinajstić information content (AvgIpc) is 2.69. The zero-order chi connectivity index (χ0) is 12.1. The fraction of sp³-hybridized carbons (Fsp3) is 0.500. The third-order valence-corrected chi connectivity index (χ3v) is 2.10. The van der Waals surface area contributed by atoms with Crippen molar-refractivity contribution in [2.24, 2.45) is 0 Å². The van der Waals surface area contributed by atoms with Gasteiger partial charge in [-0.2, -0.15) is 0 Å². The molecule has 6 nitrogen and oxygen atoms in total. The molecule has 0 fully saturated rings. The van der Waals surface area contributed by atoms with E-state index in [9.17, 15) is 9.59 Å². The van der Waals surface area contributed by atoms with Gasteiger partial charge in [-0.3, -0.25) is 9.59 Å². The largest absolute Gasteiger partial charge is 0.481 e. The van der Waals surface area contributed by atoms with Crippen molar-refractivity contribution in [2.45, 2.75) is 26.3 Å². The molecular weight excluding hydrogens is 212 g/mol. The van der Waals surface area contributed by atoms with Gasteiger partial charge in [-0.1, -0.05) is 5.16 Å². The highest BCUT2D eigenvalue weighted by molar-refractivity contribution is 5.91. The summed E-state index contributed by atoms with van der Waals surface area (Å²) >= 11 is 0. The summed E-state index contributed by atoms with van der Waals surface area (Å²) in [7, 11) is 0. The number of carbonyl (C=O) groups is 2. The summed E-state index contributed by atoms with van der Waals surface area (Å²) in [6, 6.07) is 1.37. The number of amides is 1. The molecule has 1 aromatic heterocycles. The summed E-state index contributed by atoms with van der Waals surface area (Å²) in [4.78, 5) is 23.8. The summed E-state index contributed by atoms with van der Waals surface area (Å²) in [6.07, 6.45) is 1.29. The molecular formula is C10H14N2O4. The number of rotatable bonds is 5. The number of nitrogens with zero attached hydrogens (tertiary/aromatic N) is 2. The van der Waals surface area contributed by atoms with Gasteiger partial charge < -0.3 is 14.5 Å². The fourth-order valence-corrected chi connectivity index (χ4v) is 1.28. The fourth-order valence-electron chi connectivity index (χ4n) is 1.28. The predicted octanol–water partition coefficient (Wildman–Crippen LogP) is 1.000. The van der Waals surface area contributed by atoms with Crippen molar-refractivity contribution in [3.8, 4) is 0 Å². The van der Waals surface area contributed by atoms with E-state index in [1.165, 1.54) is 17.2 Å². The number of carboxylic acid groups (broad SMARTS) is 1. The third kappa shape index (κ3) is 3.08. The van der Waals surface area contributed by atoms with Crippen LogP contribution in [0.3, 0.4) is 0 Å². The van der Waals surface area contributed by atoms with Crippen LogP contribution in [0, 0.1) is 0 Å². The minimum absolute atomic E-state index is 0.0853. The molecule has 0 aromatic carbocycles. The molecule has 0 aliphatic carbocycles. The summed E-state index contributed by atoms with van der Waals surface area (Å²) in [5.41, 5.74) is 0. The van der Waals surface area contributed by atoms with Crippen LogP contribution in [0.5, 0.6) is 0 Å².